The topological polar surface area (TPSA) is 105 Å². The molecule has 4 aromatic heterocycles. The average molecular weight is 405 g/mol. The minimum absolute atomic E-state index is 0.358. The molecule has 1 aliphatic heterocycles. The second kappa shape index (κ2) is 7.75. The van der Waals surface area contributed by atoms with Crippen molar-refractivity contribution in [3.63, 3.8) is 0 Å². The van der Waals surface area contributed by atoms with Gasteiger partial charge in [0.15, 0.2) is 17.2 Å². The van der Waals surface area contributed by atoms with E-state index in [0.29, 0.717) is 36.5 Å². The largest absolute Gasteiger partial charge is 0.450 e. The first-order valence-corrected chi connectivity index (χ1v) is 10.0. The fourth-order valence-corrected chi connectivity index (χ4v) is 3.43. The highest BCUT2D eigenvalue weighted by Gasteiger charge is 2.21. The Hall–Kier alpha value is -3.46. The second-order valence-electron chi connectivity index (χ2n) is 7.52. The van der Waals surface area contributed by atoms with Crippen molar-refractivity contribution >= 4 is 28.7 Å². The summed E-state index contributed by atoms with van der Waals surface area (Å²) < 4.78 is 11.7. The minimum Gasteiger partial charge on any atom is -0.450 e. The maximum Gasteiger partial charge on any atom is 0.231 e. The molecule has 0 radical (unpaired) electrons. The maximum atomic E-state index is 6.19. The fraction of sp³-hybridized carbons (Fsp3) is 0.333. The molecule has 0 bridgehead atoms. The van der Waals surface area contributed by atoms with Gasteiger partial charge in [0, 0.05) is 48.9 Å². The first-order valence-electron chi connectivity index (χ1n) is 10.0. The molecule has 1 saturated heterocycles. The third-order valence-electron chi connectivity index (χ3n) is 5.09. The number of morpholine rings is 1. The number of anilines is 3. The Morgan fingerprint density at radius 3 is 2.63 bits per heavy atom. The van der Waals surface area contributed by atoms with Crippen LogP contribution in [0, 0.1) is 0 Å². The number of pyridine rings is 1. The van der Waals surface area contributed by atoms with Gasteiger partial charge in [-0.15, -0.1) is 0 Å². The van der Waals surface area contributed by atoms with Crippen LogP contribution in [0.3, 0.4) is 0 Å². The van der Waals surface area contributed by atoms with Crippen LogP contribution >= 0.6 is 0 Å². The normalized spacial score (nSPS) is 14.6. The van der Waals surface area contributed by atoms with Crippen LogP contribution in [-0.4, -0.2) is 51.5 Å². The van der Waals surface area contributed by atoms with Gasteiger partial charge >= 0.3 is 0 Å². The first-order chi connectivity index (χ1) is 14.7. The molecule has 0 aliphatic carbocycles. The monoisotopic (exact) mass is 405 g/mol. The Balaban J connectivity index is 1.57. The van der Waals surface area contributed by atoms with Crippen molar-refractivity contribution in [1.82, 2.24) is 25.1 Å². The lowest BCUT2D eigenvalue weighted by Gasteiger charge is -2.27. The summed E-state index contributed by atoms with van der Waals surface area (Å²) in [7, 11) is 0. The van der Waals surface area contributed by atoms with Crippen LogP contribution in [0.1, 0.15) is 25.5 Å². The Bertz CT molecular complexity index is 1150. The van der Waals surface area contributed by atoms with Crippen LogP contribution in [0.5, 0.6) is 0 Å². The smallest absolute Gasteiger partial charge is 0.231 e. The molecule has 0 spiro atoms. The van der Waals surface area contributed by atoms with E-state index in [1.165, 1.54) is 0 Å². The molecule has 4 aromatic rings. The predicted octanol–water partition coefficient (Wildman–Crippen LogP) is 3.71. The lowest BCUT2D eigenvalue weighted by atomic mass is 10.1. The Morgan fingerprint density at radius 1 is 1.10 bits per heavy atom. The molecule has 0 saturated carbocycles. The van der Waals surface area contributed by atoms with Gasteiger partial charge in [-0.3, -0.25) is 10.1 Å². The number of ether oxygens (including phenoxy) is 1. The molecule has 2 N–H and O–H groups in total. The number of furan rings is 1. The van der Waals surface area contributed by atoms with E-state index < -0.39 is 0 Å². The van der Waals surface area contributed by atoms with Crippen LogP contribution in [0.25, 0.3) is 22.4 Å². The van der Waals surface area contributed by atoms with Gasteiger partial charge in [-0.2, -0.15) is 10.1 Å². The molecular weight excluding hydrogens is 382 g/mol. The third-order valence-corrected chi connectivity index (χ3v) is 5.09. The van der Waals surface area contributed by atoms with E-state index in [1.54, 1.807) is 12.4 Å². The van der Waals surface area contributed by atoms with Crippen LogP contribution < -0.4 is 10.2 Å². The highest BCUT2D eigenvalue weighted by atomic mass is 16.5. The van der Waals surface area contributed by atoms with Crippen LogP contribution in [0.2, 0.25) is 0 Å². The van der Waals surface area contributed by atoms with Crippen molar-refractivity contribution in [2.45, 2.75) is 19.8 Å². The third kappa shape index (κ3) is 3.59. The molecule has 0 amide bonds. The molecule has 0 unspecified atom stereocenters. The summed E-state index contributed by atoms with van der Waals surface area (Å²) in [6.07, 6.45) is 3.49. The predicted molar refractivity (Wildman–Crippen MR) is 114 cm³/mol. The molecular formula is C21H23N7O2. The van der Waals surface area contributed by atoms with Crippen molar-refractivity contribution in [1.29, 1.82) is 0 Å². The molecule has 9 nitrogen and oxygen atoms in total. The lowest BCUT2D eigenvalue weighted by Crippen LogP contribution is -2.37. The molecule has 9 heteroatoms. The number of hydrogen-bond acceptors (Lipinski definition) is 8. The van der Waals surface area contributed by atoms with E-state index in [-0.39, 0.29) is 0 Å². The van der Waals surface area contributed by atoms with E-state index in [2.05, 4.69) is 44.2 Å². The SMILES string of the molecule is CC(C)c1cc(Nc2nc(N3CCOCC3)c3oc(-c4ccncc4)cc3n2)n[nH]1. The number of aromatic nitrogens is 5. The van der Waals surface area contributed by atoms with Crippen molar-refractivity contribution in [2.24, 2.45) is 0 Å². The van der Waals surface area contributed by atoms with Gasteiger partial charge in [0.2, 0.25) is 5.95 Å². The van der Waals surface area contributed by atoms with Crippen molar-refractivity contribution < 1.29 is 9.15 Å². The van der Waals surface area contributed by atoms with Crippen molar-refractivity contribution in [3.05, 3.63) is 42.4 Å². The van der Waals surface area contributed by atoms with Gasteiger partial charge in [0.25, 0.3) is 0 Å². The van der Waals surface area contributed by atoms with Crippen LogP contribution in [-0.2, 0) is 4.74 Å². The van der Waals surface area contributed by atoms with Gasteiger partial charge in [-0.25, -0.2) is 4.98 Å². The van der Waals surface area contributed by atoms with Crippen LogP contribution in [0.4, 0.5) is 17.6 Å². The number of hydrogen-bond donors (Lipinski definition) is 2. The fourth-order valence-electron chi connectivity index (χ4n) is 3.43. The Labute approximate surface area is 173 Å². The second-order valence-corrected chi connectivity index (χ2v) is 7.52. The van der Waals surface area contributed by atoms with Crippen molar-refractivity contribution in [3.8, 4) is 11.3 Å². The quantitative estimate of drug-likeness (QED) is 0.518. The highest BCUT2D eigenvalue weighted by molar-refractivity contribution is 5.89. The first kappa shape index (κ1) is 18.6. The van der Waals surface area contributed by atoms with Gasteiger partial charge in [0.05, 0.1) is 13.2 Å². The lowest BCUT2D eigenvalue weighted by molar-refractivity contribution is 0.122. The highest BCUT2D eigenvalue weighted by Crippen LogP contribution is 2.33. The van der Waals surface area contributed by atoms with E-state index in [0.717, 1.165) is 41.4 Å². The van der Waals surface area contributed by atoms with Gasteiger partial charge in [0.1, 0.15) is 11.3 Å². The molecule has 154 valence electrons. The van der Waals surface area contributed by atoms with Gasteiger partial charge < -0.3 is 19.4 Å². The summed E-state index contributed by atoms with van der Waals surface area (Å²) in [5.41, 5.74) is 3.40. The number of fused-ring (bicyclic) bond motifs is 1. The number of H-pyrrole nitrogens is 1. The van der Waals surface area contributed by atoms with Gasteiger partial charge in [-0.1, -0.05) is 13.8 Å². The summed E-state index contributed by atoms with van der Waals surface area (Å²) in [6, 6.07) is 7.74. The number of aromatic amines is 1. The molecule has 0 aromatic carbocycles. The van der Waals surface area contributed by atoms with Crippen LogP contribution in [0.15, 0.2) is 41.1 Å². The molecule has 5 heterocycles. The molecule has 1 fully saturated rings. The standard InChI is InChI=1S/C21H23N7O2/c1-13(2)15-12-18(27-26-15)24-21-23-16-11-17(14-3-5-22-6-4-14)30-19(16)20(25-21)28-7-9-29-10-8-28/h3-6,11-13H,7-10H2,1-2H3,(H2,23,24,25,26,27). The summed E-state index contributed by atoms with van der Waals surface area (Å²) in [6.45, 7) is 7.03. The molecule has 1 aliphatic rings. The average Bonchev–Trinajstić information content (AvgIpc) is 3.42. The molecule has 30 heavy (non-hydrogen) atoms. The maximum absolute atomic E-state index is 6.19. The van der Waals surface area contributed by atoms with Crippen molar-refractivity contribution in [2.75, 3.05) is 36.5 Å². The van der Waals surface area contributed by atoms with E-state index >= 15 is 0 Å². The molecule has 0 atom stereocenters. The van der Waals surface area contributed by atoms with Gasteiger partial charge in [-0.05, 0) is 18.1 Å². The Morgan fingerprint density at radius 2 is 1.90 bits per heavy atom. The number of rotatable bonds is 5. The zero-order valence-corrected chi connectivity index (χ0v) is 16.9. The van der Waals surface area contributed by atoms with E-state index in [9.17, 15) is 0 Å². The summed E-state index contributed by atoms with van der Waals surface area (Å²) in [4.78, 5) is 15.7. The zero-order valence-electron chi connectivity index (χ0n) is 16.9. The number of nitrogens with zero attached hydrogens (tertiary/aromatic N) is 5. The summed E-state index contributed by atoms with van der Waals surface area (Å²) >= 11 is 0. The Kier molecular flexibility index (Phi) is 4.80. The van der Waals surface area contributed by atoms with E-state index in [4.69, 9.17) is 14.1 Å². The summed E-state index contributed by atoms with van der Waals surface area (Å²) in [5.74, 6) is 3.01. The summed E-state index contributed by atoms with van der Waals surface area (Å²) in [5, 5.41) is 10.6. The number of nitrogens with one attached hydrogen (secondary N) is 2. The molecule has 5 rings (SSSR count). The van der Waals surface area contributed by atoms with E-state index in [1.807, 2.05) is 24.3 Å². The zero-order chi connectivity index (χ0) is 20.5. The minimum atomic E-state index is 0.358.